The van der Waals surface area contributed by atoms with Gasteiger partial charge in [-0.1, -0.05) is 53.6 Å². The maximum atomic E-state index is 11.8. The standard InChI is InChI=1S/C33H44BrN7O4Si/c1-22(41-20-25(37-38-41)11-9-7-8-10-14-34)26-13-12-23-18-28(40(31(23)35-26)21-45-15-16-46(4,5)6)32-36-27-17-24(33(42)43)19-29(44-3)30(27)39(32)2/h12-13,17-20,22H,7-11,14-16,21H2,1-6H3,(H,42,43). The van der Waals surface area contributed by atoms with Gasteiger partial charge in [-0.2, -0.15) is 0 Å². The number of aryl methyl sites for hydroxylation is 2. The first-order chi connectivity index (χ1) is 22.0. The zero-order valence-corrected chi connectivity index (χ0v) is 30.2. The second kappa shape index (κ2) is 14.5. The fraction of sp³-hybridized carbons (Fsp3) is 0.485. The van der Waals surface area contributed by atoms with Gasteiger partial charge in [0.2, 0.25) is 0 Å². The SMILES string of the molecule is COc1cc(C(=O)O)cc2nc(-c3cc4ccc(C(C)n5cc(CCCCCCBr)nn5)nc4n3COCC[Si](C)(C)C)n(C)c12. The first-order valence-corrected chi connectivity index (χ1v) is 20.7. The number of nitrogens with zero attached hydrogens (tertiary/aromatic N) is 7. The number of carboxylic acids is 1. The minimum Gasteiger partial charge on any atom is -0.494 e. The molecule has 0 amide bonds. The number of alkyl halides is 1. The van der Waals surface area contributed by atoms with Crippen molar-refractivity contribution in [2.45, 2.75) is 77.5 Å². The van der Waals surface area contributed by atoms with E-state index in [2.05, 4.69) is 69.5 Å². The lowest BCUT2D eigenvalue weighted by atomic mass is 10.1. The van der Waals surface area contributed by atoms with Crippen molar-refractivity contribution in [1.82, 2.24) is 34.1 Å². The molecule has 0 bridgehead atoms. The number of aromatic carboxylic acids is 1. The van der Waals surface area contributed by atoms with E-state index in [1.165, 1.54) is 32.4 Å². The van der Waals surface area contributed by atoms with E-state index in [0.29, 0.717) is 35.9 Å². The molecule has 0 aliphatic carbocycles. The number of halogens is 1. The Balaban J connectivity index is 1.51. The molecule has 0 saturated carbocycles. The van der Waals surface area contributed by atoms with Crippen LogP contribution in [0.2, 0.25) is 25.7 Å². The van der Waals surface area contributed by atoms with E-state index < -0.39 is 14.0 Å². The molecule has 0 fully saturated rings. The third-order valence-electron chi connectivity index (χ3n) is 8.31. The molecule has 1 N–H and O–H groups in total. The lowest BCUT2D eigenvalue weighted by Gasteiger charge is -2.17. The smallest absolute Gasteiger partial charge is 0.335 e. The Labute approximate surface area is 279 Å². The molecular weight excluding hydrogens is 666 g/mol. The van der Waals surface area contributed by atoms with Crippen LogP contribution in [0.1, 0.15) is 60.4 Å². The zero-order valence-electron chi connectivity index (χ0n) is 27.6. The lowest BCUT2D eigenvalue weighted by Crippen LogP contribution is -2.22. The third kappa shape index (κ3) is 7.53. The molecule has 0 aliphatic heterocycles. The Kier molecular flexibility index (Phi) is 10.6. The van der Waals surface area contributed by atoms with Gasteiger partial charge in [-0.15, -0.1) is 5.10 Å². The summed E-state index contributed by atoms with van der Waals surface area (Å²) in [5.41, 5.74) is 4.84. The Hall–Kier alpha value is -3.55. The van der Waals surface area contributed by atoms with Gasteiger partial charge >= 0.3 is 5.97 Å². The molecule has 246 valence electrons. The minimum absolute atomic E-state index is 0.117. The van der Waals surface area contributed by atoms with Gasteiger partial charge in [0.15, 0.2) is 5.82 Å². The molecular formula is C33H44BrN7O4Si. The Bertz CT molecular complexity index is 1820. The molecule has 5 aromatic rings. The van der Waals surface area contributed by atoms with Crippen LogP contribution in [0.4, 0.5) is 0 Å². The van der Waals surface area contributed by atoms with Crippen molar-refractivity contribution < 1.29 is 19.4 Å². The number of fused-ring (bicyclic) bond motifs is 2. The Morgan fingerprint density at radius 1 is 1.09 bits per heavy atom. The summed E-state index contributed by atoms with van der Waals surface area (Å²) in [4.78, 5) is 21.9. The van der Waals surface area contributed by atoms with Crippen LogP contribution in [0.3, 0.4) is 0 Å². The van der Waals surface area contributed by atoms with Crippen LogP contribution in [0.15, 0.2) is 36.5 Å². The number of aromatic nitrogens is 7. The minimum atomic E-state index is -1.29. The predicted molar refractivity (Wildman–Crippen MR) is 187 cm³/mol. The molecule has 46 heavy (non-hydrogen) atoms. The van der Waals surface area contributed by atoms with Gasteiger partial charge in [-0.05, 0) is 62.6 Å². The van der Waals surface area contributed by atoms with E-state index in [1.807, 2.05) is 28.6 Å². The van der Waals surface area contributed by atoms with Crippen LogP contribution < -0.4 is 4.74 Å². The maximum absolute atomic E-state index is 11.8. The monoisotopic (exact) mass is 709 g/mol. The number of methoxy groups -OCH3 is 1. The topological polar surface area (TPSA) is 122 Å². The maximum Gasteiger partial charge on any atom is 0.335 e. The summed E-state index contributed by atoms with van der Waals surface area (Å²) in [6.45, 7) is 10.0. The zero-order chi connectivity index (χ0) is 33.0. The average Bonchev–Trinajstić information content (AvgIpc) is 3.73. The highest BCUT2D eigenvalue weighted by molar-refractivity contribution is 9.09. The summed E-state index contributed by atoms with van der Waals surface area (Å²) in [7, 11) is 2.16. The highest BCUT2D eigenvalue weighted by Crippen LogP contribution is 2.34. The Morgan fingerprint density at radius 3 is 2.59 bits per heavy atom. The van der Waals surface area contributed by atoms with Gasteiger partial charge in [-0.25, -0.2) is 19.4 Å². The van der Waals surface area contributed by atoms with E-state index in [0.717, 1.165) is 52.3 Å². The van der Waals surface area contributed by atoms with Crippen LogP contribution >= 0.6 is 15.9 Å². The van der Waals surface area contributed by atoms with Crippen LogP contribution in [0, 0.1) is 0 Å². The van der Waals surface area contributed by atoms with Crippen molar-refractivity contribution in [2.24, 2.45) is 7.05 Å². The van der Waals surface area contributed by atoms with E-state index in [4.69, 9.17) is 19.4 Å². The molecule has 0 saturated heterocycles. The van der Waals surface area contributed by atoms with Crippen LogP contribution in [-0.4, -0.2) is 72.3 Å². The fourth-order valence-electron chi connectivity index (χ4n) is 5.55. The summed E-state index contributed by atoms with van der Waals surface area (Å²) in [6, 6.07) is 10.2. The van der Waals surface area contributed by atoms with Crippen molar-refractivity contribution in [3.63, 3.8) is 0 Å². The first kappa shape index (κ1) is 33.8. The predicted octanol–water partition coefficient (Wildman–Crippen LogP) is 7.31. The molecule has 0 radical (unpaired) electrons. The van der Waals surface area contributed by atoms with Gasteiger partial charge in [0.1, 0.15) is 23.6 Å². The quantitative estimate of drug-likeness (QED) is 0.0643. The lowest BCUT2D eigenvalue weighted by molar-refractivity contribution is 0.0696. The van der Waals surface area contributed by atoms with E-state index in [9.17, 15) is 9.90 Å². The largest absolute Gasteiger partial charge is 0.494 e. The van der Waals surface area contributed by atoms with Crippen LogP contribution in [0.25, 0.3) is 33.6 Å². The van der Waals surface area contributed by atoms with Gasteiger partial charge in [-0.3, -0.25) is 4.57 Å². The number of benzene rings is 1. The summed E-state index contributed by atoms with van der Waals surface area (Å²) in [6.07, 6.45) is 7.65. The molecule has 5 rings (SSSR count). The highest BCUT2D eigenvalue weighted by Gasteiger charge is 2.23. The third-order valence-corrected chi connectivity index (χ3v) is 10.6. The van der Waals surface area contributed by atoms with E-state index in [-0.39, 0.29) is 11.6 Å². The van der Waals surface area contributed by atoms with Crippen molar-refractivity contribution in [2.75, 3.05) is 19.0 Å². The van der Waals surface area contributed by atoms with Gasteiger partial charge < -0.3 is 19.1 Å². The van der Waals surface area contributed by atoms with E-state index in [1.54, 1.807) is 6.07 Å². The van der Waals surface area contributed by atoms with Crippen molar-refractivity contribution >= 4 is 52.0 Å². The number of ether oxygens (including phenoxy) is 2. The normalized spacial score (nSPS) is 12.8. The second-order valence-corrected chi connectivity index (χ2v) is 19.4. The molecule has 1 aromatic carbocycles. The van der Waals surface area contributed by atoms with E-state index >= 15 is 0 Å². The second-order valence-electron chi connectivity index (χ2n) is 13.0. The number of unbranched alkanes of at least 4 members (excludes halogenated alkanes) is 3. The molecule has 11 nitrogen and oxygen atoms in total. The number of hydrogen-bond acceptors (Lipinski definition) is 7. The average molecular weight is 711 g/mol. The number of imidazole rings is 1. The van der Waals surface area contributed by atoms with Crippen molar-refractivity contribution in [3.05, 3.63) is 53.5 Å². The molecule has 1 unspecified atom stereocenters. The van der Waals surface area contributed by atoms with Crippen LogP contribution in [0.5, 0.6) is 5.75 Å². The highest BCUT2D eigenvalue weighted by atomic mass is 79.9. The summed E-state index contributed by atoms with van der Waals surface area (Å²) in [5.74, 6) is 0.0767. The summed E-state index contributed by atoms with van der Waals surface area (Å²) in [5, 5.41) is 20.5. The first-order valence-electron chi connectivity index (χ1n) is 15.8. The fourth-order valence-corrected chi connectivity index (χ4v) is 6.70. The summed E-state index contributed by atoms with van der Waals surface area (Å²) >= 11 is 3.50. The number of pyridine rings is 1. The number of carbonyl (C=O) groups is 1. The molecule has 4 heterocycles. The molecule has 0 aliphatic rings. The number of rotatable bonds is 16. The molecule has 0 spiro atoms. The number of hydrogen-bond donors (Lipinski definition) is 1. The summed E-state index contributed by atoms with van der Waals surface area (Å²) < 4.78 is 17.7. The van der Waals surface area contributed by atoms with Crippen LogP contribution in [-0.2, 0) is 24.9 Å². The van der Waals surface area contributed by atoms with Crippen molar-refractivity contribution in [3.8, 4) is 17.3 Å². The van der Waals surface area contributed by atoms with Gasteiger partial charge in [0.05, 0.1) is 41.3 Å². The van der Waals surface area contributed by atoms with Crippen molar-refractivity contribution in [1.29, 1.82) is 0 Å². The molecule has 4 aromatic heterocycles. The number of carboxylic acid groups (broad SMARTS) is 1. The molecule has 1 atom stereocenters. The molecule has 13 heteroatoms. The van der Waals surface area contributed by atoms with Gasteiger partial charge in [0.25, 0.3) is 0 Å². The Morgan fingerprint density at radius 2 is 1.87 bits per heavy atom. The van der Waals surface area contributed by atoms with Gasteiger partial charge in [0, 0.05) is 38.6 Å².